The fourth-order valence-corrected chi connectivity index (χ4v) is 2.56. The molecule has 0 saturated heterocycles. The lowest BCUT2D eigenvalue weighted by molar-refractivity contribution is 0.576. The molecule has 19 heavy (non-hydrogen) atoms. The van der Waals surface area contributed by atoms with Gasteiger partial charge in [0, 0.05) is 36.9 Å². The Morgan fingerprint density at radius 1 is 1.42 bits per heavy atom. The zero-order valence-corrected chi connectivity index (χ0v) is 12.2. The van der Waals surface area contributed by atoms with E-state index in [0.717, 1.165) is 15.6 Å². The zero-order chi connectivity index (χ0) is 13.8. The Kier molecular flexibility index (Phi) is 4.61. The molecule has 1 aromatic carbocycles. The van der Waals surface area contributed by atoms with Crippen LogP contribution in [-0.4, -0.2) is 15.6 Å². The van der Waals surface area contributed by atoms with Crippen molar-refractivity contribution in [2.75, 3.05) is 0 Å². The molecule has 0 radical (unpaired) electrons. The first-order valence-electron chi connectivity index (χ1n) is 6.23. The van der Waals surface area contributed by atoms with Crippen LogP contribution in [0.3, 0.4) is 0 Å². The minimum Gasteiger partial charge on any atom is -0.329 e. The number of benzene rings is 1. The summed E-state index contributed by atoms with van der Waals surface area (Å²) in [6, 6.07) is 5.26. The molecule has 2 aromatic rings. The number of hydrogen-bond donors (Lipinski definition) is 1. The molecule has 0 atom stereocenters. The molecule has 1 aromatic heterocycles. The molecule has 0 fully saturated rings. The summed E-state index contributed by atoms with van der Waals surface area (Å²) in [5.41, 5.74) is 0.960. The van der Waals surface area contributed by atoms with Crippen LogP contribution in [0.25, 0.3) is 0 Å². The SMILES string of the molecule is CC(C)NCc1cc(F)ccc1Sc1nccn1C. The number of nitrogens with zero attached hydrogens (tertiary/aromatic N) is 2. The first-order valence-corrected chi connectivity index (χ1v) is 7.05. The number of imidazole rings is 1. The van der Waals surface area contributed by atoms with Crippen molar-refractivity contribution in [3.05, 3.63) is 42.0 Å². The summed E-state index contributed by atoms with van der Waals surface area (Å²) >= 11 is 1.55. The van der Waals surface area contributed by atoms with E-state index in [4.69, 9.17) is 0 Å². The fraction of sp³-hybridized carbons (Fsp3) is 0.357. The Morgan fingerprint density at radius 3 is 2.84 bits per heavy atom. The molecule has 0 aliphatic rings. The van der Waals surface area contributed by atoms with Gasteiger partial charge in [-0.3, -0.25) is 0 Å². The van der Waals surface area contributed by atoms with Crippen LogP contribution in [0.15, 0.2) is 40.6 Å². The first-order chi connectivity index (χ1) is 9.06. The third kappa shape index (κ3) is 3.81. The molecule has 0 unspecified atom stereocenters. The van der Waals surface area contributed by atoms with E-state index in [1.807, 2.05) is 23.9 Å². The van der Waals surface area contributed by atoms with Crippen LogP contribution in [0.2, 0.25) is 0 Å². The topological polar surface area (TPSA) is 29.9 Å². The second kappa shape index (κ2) is 6.21. The lowest BCUT2D eigenvalue weighted by atomic mass is 10.2. The van der Waals surface area contributed by atoms with Gasteiger partial charge in [0.1, 0.15) is 5.82 Å². The summed E-state index contributed by atoms with van der Waals surface area (Å²) < 4.78 is 15.3. The Bertz CT molecular complexity index is 551. The highest BCUT2D eigenvalue weighted by Gasteiger charge is 2.09. The predicted molar refractivity (Wildman–Crippen MR) is 75.7 cm³/mol. The Morgan fingerprint density at radius 2 is 2.21 bits per heavy atom. The van der Waals surface area contributed by atoms with E-state index < -0.39 is 0 Å². The van der Waals surface area contributed by atoms with Crippen LogP contribution in [0.1, 0.15) is 19.4 Å². The van der Waals surface area contributed by atoms with E-state index in [0.29, 0.717) is 12.6 Å². The predicted octanol–water partition coefficient (Wildman–Crippen LogP) is 3.21. The number of aromatic nitrogens is 2. The van der Waals surface area contributed by atoms with Gasteiger partial charge in [-0.05, 0) is 23.8 Å². The normalized spacial score (nSPS) is 11.2. The molecule has 0 aliphatic carbocycles. The van der Waals surface area contributed by atoms with Crippen LogP contribution in [0, 0.1) is 5.82 Å². The first kappa shape index (κ1) is 14.1. The monoisotopic (exact) mass is 279 g/mol. The van der Waals surface area contributed by atoms with Crippen molar-refractivity contribution in [2.45, 2.75) is 36.5 Å². The summed E-state index contributed by atoms with van der Waals surface area (Å²) in [7, 11) is 1.95. The standard InChI is InChI=1S/C14H18FN3S/c1-10(2)17-9-11-8-12(15)4-5-13(11)19-14-16-6-7-18(14)3/h4-8,10,17H,9H2,1-3H3. The second-order valence-electron chi connectivity index (χ2n) is 4.71. The van der Waals surface area contributed by atoms with Gasteiger partial charge in [0.15, 0.2) is 5.16 Å². The van der Waals surface area contributed by atoms with Gasteiger partial charge in [0.25, 0.3) is 0 Å². The zero-order valence-electron chi connectivity index (χ0n) is 11.4. The number of rotatable bonds is 5. The van der Waals surface area contributed by atoms with E-state index in [-0.39, 0.29) is 5.82 Å². The maximum Gasteiger partial charge on any atom is 0.172 e. The van der Waals surface area contributed by atoms with Crippen molar-refractivity contribution in [2.24, 2.45) is 7.05 Å². The van der Waals surface area contributed by atoms with Gasteiger partial charge in [0.2, 0.25) is 0 Å². The molecule has 102 valence electrons. The molecule has 0 saturated carbocycles. The maximum atomic E-state index is 13.4. The van der Waals surface area contributed by atoms with E-state index in [1.54, 1.807) is 24.0 Å². The quantitative estimate of drug-likeness (QED) is 0.911. The Labute approximate surface area is 117 Å². The lowest BCUT2D eigenvalue weighted by Crippen LogP contribution is -2.22. The molecule has 5 heteroatoms. The summed E-state index contributed by atoms with van der Waals surface area (Å²) in [5, 5.41) is 4.22. The van der Waals surface area contributed by atoms with Gasteiger partial charge in [-0.1, -0.05) is 25.6 Å². The summed E-state index contributed by atoms with van der Waals surface area (Å²) in [4.78, 5) is 5.31. The van der Waals surface area contributed by atoms with Crippen molar-refractivity contribution < 1.29 is 4.39 Å². The molecule has 2 rings (SSSR count). The molecule has 0 amide bonds. The molecule has 1 N–H and O–H groups in total. The van der Waals surface area contributed by atoms with Gasteiger partial charge in [-0.15, -0.1) is 0 Å². The average molecular weight is 279 g/mol. The lowest BCUT2D eigenvalue weighted by Gasteiger charge is -2.12. The summed E-state index contributed by atoms with van der Waals surface area (Å²) in [5.74, 6) is -0.204. The molecular weight excluding hydrogens is 261 g/mol. The van der Waals surface area contributed by atoms with Gasteiger partial charge < -0.3 is 9.88 Å². The molecule has 0 aliphatic heterocycles. The van der Waals surface area contributed by atoms with Crippen LogP contribution in [0.5, 0.6) is 0 Å². The summed E-state index contributed by atoms with van der Waals surface area (Å²) in [6.07, 6.45) is 3.66. The fourth-order valence-electron chi connectivity index (χ4n) is 1.65. The van der Waals surface area contributed by atoms with Crippen molar-refractivity contribution >= 4 is 11.8 Å². The van der Waals surface area contributed by atoms with E-state index in [1.165, 1.54) is 6.07 Å². The highest BCUT2D eigenvalue weighted by atomic mass is 32.2. The smallest absolute Gasteiger partial charge is 0.172 e. The van der Waals surface area contributed by atoms with Crippen LogP contribution < -0.4 is 5.32 Å². The molecular formula is C14H18FN3S. The molecule has 0 bridgehead atoms. The van der Waals surface area contributed by atoms with Crippen LogP contribution in [0.4, 0.5) is 4.39 Å². The van der Waals surface area contributed by atoms with E-state index >= 15 is 0 Å². The average Bonchev–Trinajstić information content (AvgIpc) is 2.75. The van der Waals surface area contributed by atoms with Crippen LogP contribution >= 0.6 is 11.8 Å². The highest BCUT2D eigenvalue weighted by Crippen LogP contribution is 2.29. The minimum atomic E-state index is -0.204. The van der Waals surface area contributed by atoms with E-state index in [2.05, 4.69) is 24.1 Å². The number of aryl methyl sites for hydroxylation is 1. The van der Waals surface area contributed by atoms with Gasteiger partial charge in [-0.2, -0.15) is 0 Å². The van der Waals surface area contributed by atoms with Gasteiger partial charge >= 0.3 is 0 Å². The van der Waals surface area contributed by atoms with Crippen molar-refractivity contribution in [1.82, 2.24) is 14.9 Å². The third-order valence-electron chi connectivity index (χ3n) is 2.70. The Hall–Kier alpha value is -1.33. The van der Waals surface area contributed by atoms with Crippen molar-refractivity contribution in [3.8, 4) is 0 Å². The van der Waals surface area contributed by atoms with Crippen LogP contribution in [-0.2, 0) is 13.6 Å². The third-order valence-corrected chi connectivity index (χ3v) is 3.90. The number of halogens is 1. The van der Waals surface area contributed by atoms with Gasteiger partial charge in [-0.25, -0.2) is 9.37 Å². The number of hydrogen-bond acceptors (Lipinski definition) is 3. The summed E-state index contributed by atoms with van der Waals surface area (Å²) in [6.45, 7) is 4.80. The maximum absolute atomic E-state index is 13.4. The van der Waals surface area contributed by atoms with Gasteiger partial charge in [0.05, 0.1) is 0 Å². The molecule has 1 heterocycles. The Balaban J connectivity index is 2.21. The largest absolute Gasteiger partial charge is 0.329 e. The van der Waals surface area contributed by atoms with Crippen molar-refractivity contribution in [1.29, 1.82) is 0 Å². The minimum absolute atomic E-state index is 0.204. The molecule has 0 spiro atoms. The highest BCUT2D eigenvalue weighted by molar-refractivity contribution is 7.99. The number of nitrogens with one attached hydrogen (secondary N) is 1. The van der Waals surface area contributed by atoms with E-state index in [9.17, 15) is 4.39 Å². The molecule has 3 nitrogen and oxygen atoms in total. The van der Waals surface area contributed by atoms with Crippen molar-refractivity contribution in [3.63, 3.8) is 0 Å². The second-order valence-corrected chi connectivity index (χ2v) is 5.72.